The molecule has 0 aliphatic carbocycles. The maximum atomic E-state index is 12.3. The molecule has 5 nitrogen and oxygen atoms in total. The standard InChI is InChI=1S/C20H24N2O3/c1-13(2)18-8-7-17(10-19(18)24-3)22-20(23)21-16-6-4-5-14(9-16)15-11-25-12-15/h4-10,13,15H,11-12H2,1-3H3,(H2,21,22,23). The van der Waals surface area contributed by atoms with E-state index in [0.717, 1.165) is 30.2 Å². The number of amides is 2. The zero-order valence-electron chi connectivity index (χ0n) is 14.8. The molecule has 1 fully saturated rings. The molecule has 1 heterocycles. The Morgan fingerprint density at radius 2 is 1.84 bits per heavy atom. The van der Waals surface area contributed by atoms with Gasteiger partial charge in [-0.15, -0.1) is 0 Å². The zero-order valence-corrected chi connectivity index (χ0v) is 14.8. The van der Waals surface area contributed by atoms with Gasteiger partial charge in [0.25, 0.3) is 0 Å². The fraction of sp³-hybridized carbons (Fsp3) is 0.350. The van der Waals surface area contributed by atoms with Crippen molar-refractivity contribution in [2.24, 2.45) is 0 Å². The van der Waals surface area contributed by atoms with Gasteiger partial charge in [-0.3, -0.25) is 0 Å². The lowest BCUT2D eigenvalue weighted by Gasteiger charge is -2.26. The van der Waals surface area contributed by atoms with Crippen LogP contribution >= 0.6 is 0 Å². The van der Waals surface area contributed by atoms with E-state index in [0.29, 0.717) is 17.5 Å². The largest absolute Gasteiger partial charge is 0.496 e. The molecule has 5 heteroatoms. The van der Waals surface area contributed by atoms with Crippen molar-refractivity contribution in [1.29, 1.82) is 0 Å². The maximum absolute atomic E-state index is 12.3. The van der Waals surface area contributed by atoms with Gasteiger partial charge in [0.2, 0.25) is 0 Å². The second-order valence-corrected chi connectivity index (χ2v) is 6.55. The Bertz CT molecular complexity index is 754. The van der Waals surface area contributed by atoms with Gasteiger partial charge >= 0.3 is 6.03 Å². The number of nitrogens with one attached hydrogen (secondary N) is 2. The van der Waals surface area contributed by atoms with Crippen molar-refractivity contribution < 1.29 is 14.3 Å². The van der Waals surface area contributed by atoms with Gasteiger partial charge in [0.1, 0.15) is 5.75 Å². The van der Waals surface area contributed by atoms with Crippen LogP contribution < -0.4 is 15.4 Å². The van der Waals surface area contributed by atoms with E-state index in [4.69, 9.17) is 9.47 Å². The number of hydrogen-bond acceptors (Lipinski definition) is 3. The molecule has 0 unspecified atom stereocenters. The van der Waals surface area contributed by atoms with Crippen LogP contribution in [0, 0.1) is 0 Å². The van der Waals surface area contributed by atoms with Crippen LogP contribution in [-0.2, 0) is 4.74 Å². The van der Waals surface area contributed by atoms with E-state index in [1.54, 1.807) is 7.11 Å². The highest BCUT2D eigenvalue weighted by molar-refractivity contribution is 5.99. The monoisotopic (exact) mass is 340 g/mol. The first-order chi connectivity index (χ1) is 12.1. The van der Waals surface area contributed by atoms with Crippen molar-refractivity contribution in [2.75, 3.05) is 31.0 Å². The summed E-state index contributed by atoms with van der Waals surface area (Å²) in [4.78, 5) is 12.3. The van der Waals surface area contributed by atoms with Gasteiger partial charge in [-0.25, -0.2) is 4.79 Å². The van der Waals surface area contributed by atoms with Crippen LogP contribution in [-0.4, -0.2) is 26.4 Å². The van der Waals surface area contributed by atoms with E-state index in [2.05, 4.69) is 30.5 Å². The van der Waals surface area contributed by atoms with E-state index >= 15 is 0 Å². The molecule has 2 amide bonds. The molecule has 1 aliphatic rings. The van der Waals surface area contributed by atoms with E-state index in [9.17, 15) is 4.79 Å². The van der Waals surface area contributed by atoms with Crippen molar-refractivity contribution in [3.05, 3.63) is 53.6 Å². The molecule has 25 heavy (non-hydrogen) atoms. The first kappa shape index (κ1) is 17.3. The minimum Gasteiger partial charge on any atom is -0.496 e. The third-order valence-electron chi connectivity index (χ3n) is 4.37. The Kier molecular flexibility index (Phi) is 5.24. The summed E-state index contributed by atoms with van der Waals surface area (Å²) in [5.74, 6) is 1.56. The Morgan fingerprint density at radius 1 is 1.12 bits per heavy atom. The molecule has 1 aliphatic heterocycles. The molecular formula is C20H24N2O3. The number of methoxy groups -OCH3 is 1. The first-order valence-electron chi connectivity index (χ1n) is 8.50. The summed E-state index contributed by atoms with van der Waals surface area (Å²) in [6.45, 7) is 5.71. The summed E-state index contributed by atoms with van der Waals surface area (Å²) in [5.41, 5.74) is 3.77. The van der Waals surface area contributed by atoms with Gasteiger partial charge in [0, 0.05) is 23.4 Å². The number of rotatable bonds is 5. The van der Waals surface area contributed by atoms with Gasteiger partial charge in [-0.05, 0) is 35.2 Å². The smallest absolute Gasteiger partial charge is 0.323 e. The number of benzene rings is 2. The van der Waals surface area contributed by atoms with Crippen LogP contribution in [0.15, 0.2) is 42.5 Å². The number of ether oxygens (including phenoxy) is 2. The van der Waals surface area contributed by atoms with Crippen LogP contribution in [0.2, 0.25) is 0 Å². The van der Waals surface area contributed by atoms with E-state index in [1.165, 1.54) is 5.56 Å². The van der Waals surface area contributed by atoms with Gasteiger partial charge in [-0.1, -0.05) is 32.0 Å². The fourth-order valence-electron chi connectivity index (χ4n) is 2.86. The van der Waals surface area contributed by atoms with Gasteiger partial charge in [-0.2, -0.15) is 0 Å². The van der Waals surface area contributed by atoms with Crippen molar-refractivity contribution in [3.63, 3.8) is 0 Å². The number of urea groups is 1. The normalized spacial score (nSPS) is 14.1. The second-order valence-electron chi connectivity index (χ2n) is 6.55. The van der Waals surface area contributed by atoms with E-state index < -0.39 is 0 Å². The molecule has 1 saturated heterocycles. The lowest BCUT2D eigenvalue weighted by Crippen LogP contribution is -2.25. The van der Waals surface area contributed by atoms with Crippen LogP contribution in [0.25, 0.3) is 0 Å². The second kappa shape index (κ2) is 7.57. The molecule has 0 bridgehead atoms. The van der Waals surface area contributed by atoms with E-state index in [-0.39, 0.29) is 6.03 Å². The Labute approximate surface area is 148 Å². The SMILES string of the molecule is COc1cc(NC(=O)Nc2cccc(C3COC3)c2)ccc1C(C)C. The van der Waals surface area contributed by atoms with Crippen molar-refractivity contribution >= 4 is 17.4 Å². The van der Waals surface area contributed by atoms with Gasteiger partial charge < -0.3 is 20.1 Å². The molecule has 0 saturated carbocycles. The first-order valence-corrected chi connectivity index (χ1v) is 8.50. The van der Waals surface area contributed by atoms with Crippen LogP contribution in [0.5, 0.6) is 5.75 Å². The Morgan fingerprint density at radius 3 is 2.44 bits per heavy atom. The molecule has 0 atom stereocenters. The highest BCUT2D eigenvalue weighted by Gasteiger charge is 2.20. The Hall–Kier alpha value is -2.53. The summed E-state index contributed by atoms with van der Waals surface area (Å²) in [6.07, 6.45) is 0. The molecular weight excluding hydrogens is 316 g/mol. The Balaban J connectivity index is 1.66. The van der Waals surface area contributed by atoms with E-state index in [1.807, 2.05) is 36.4 Å². The zero-order chi connectivity index (χ0) is 17.8. The molecule has 3 rings (SSSR count). The third-order valence-corrected chi connectivity index (χ3v) is 4.37. The highest BCUT2D eigenvalue weighted by Crippen LogP contribution is 2.29. The molecule has 2 aromatic carbocycles. The summed E-state index contributed by atoms with van der Waals surface area (Å²) in [6, 6.07) is 13.3. The summed E-state index contributed by atoms with van der Waals surface area (Å²) in [7, 11) is 1.64. The quantitative estimate of drug-likeness (QED) is 0.838. The van der Waals surface area contributed by atoms with Gasteiger partial charge in [0.15, 0.2) is 0 Å². The molecule has 0 radical (unpaired) electrons. The summed E-state index contributed by atoms with van der Waals surface area (Å²) in [5, 5.41) is 5.73. The van der Waals surface area contributed by atoms with Crippen LogP contribution in [0.1, 0.15) is 36.8 Å². The number of carbonyl (C=O) groups excluding carboxylic acids is 1. The number of anilines is 2. The van der Waals surface area contributed by atoms with Crippen molar-refractivity contribution in [3.8, 4) is 5.75 Å². The molecule has 2 aromatic rings. The fourth-order valence-corrected chi connectivity index (χ4v) is 2.86. The minimum atomic E-state index is -0.277. The van der Waals surface area contributed by atoms with Crippen molar-refractivity contribution in [2.45, 2.75) is 25.7 Å². The van der Waals surface area contributed by atoms with Crippen LogP contribution in [0.4, 0.5) is 16.2 Å². The average molecular weight is 340 g/mol. The van der Waals surface area contributed by atoms with Gasteiger partial charge in [0.05, 0.1) is 20.3 Å². The van der Waals surface area contributed by atoms with Crippen molar-refractivity contribution in [1.82, 2.24) is 0 Å². The highest BCUT2D eigenvalue weighted by atomic mass is 16.5. The minimum absolute atomic E-state index is 0.277. The lowest BCUT2D eigenvalue weighted by atomic mass is 9.97. The third kappa shape index (κ3) is 4.12. The predicted octanol–water partition coefficient (Wildman–Crippen LogP) is 4.58. The summed E-state index contributed by atoms with van der Waals surface area (Å²) >= 11 is 0. The molecule has 0 aromatic heterocycles. The van der Waals surface area contributed by atoms with Crippen LogP contribution in [0.3, 0.4) is 0 Å². The maximum Gasteiger partial charge on any atom is 0.323 e. The number of hydrogen-bond donors (Lipinski definition) is 2. The molecule has 0 spiro atoms. The average Bonchev–Trinajstić information content (AvgIpc) is 2.53. The summed E-state index contributed by atoms with van der Waals surface area (Å²) < 4.78 is 10.7. The number of carbonyl (C=O) groups is 1. The lowest BCUT2D eigenvalue weighted by molar-refractivity contribution is 0.00845. The topological polar surface area (TPSA) is 59.6 Å². The predicted molar refractivity (Wildman–Crippen MR) is 99.7 cm³/mol. The molecule has 132 valence electrons. The molecule has 2 N–H and O–H groups in total.